The highest BCUT2D eigenvalue weighted by Gasteiger charge is 2.16. The molecule has 0 saturated carbocycles. The van der Waals surface area contributed by atoms with Gasteiger partial charge >= 0.3 is 0 Å². The van der Waals surface area contributed by atoms with Gasteiger partial charge in [0, 0.05) is 0 Å². The molecule has 94 valence electrons. The van der Waals surface area contributed by atoms with Gasteiger partial charge in [0.25, 0.3) is 0 Å². The molecule has 1 saturated heterocycles. The Bertz CT molecular complexity index is 389. The van der Waals surface area contributed by atoms with Crippen LogP contribution < -0.4 is 10.1 Å². The average Bonchev–Trinajstić information content (AvgIpc) is 2.34. The van der Waals surface area contributed by atoms with E-state index in [-0.39, 0.29) is 0 Å². The number of halogens is 1. The predicted molar refractivity (Wildman–Crippen MR) is 71.7 cm³/mol. The molecule has 4 heteroatoms. The lowest BCUT2D eigenvalue weighted by atomic mass is 9.90. The van der Waals surface area contributed by atoms with Gasteiger partial charge in [0.15, 0.2) is 0 Å². The molecule has 3 nitrogen and oxygen atoms in total. The van der Waals surface area contributed by atoms with E-state index in [1.807, 2.05) is 6.07 Å². The van der Waals surface area contributed by atoms with Crippen LogP contribution in [0, 0.1) is 5.92 Å². The number of hydrogen-bond donors (Lipinski definition) is 2. The number of hydrogen-bond acceptors (Lipinski definition) is 3. The first-order valence-corrected chi connectivity index (χ1v) is 6.76. The molecule has 2 rings (SSSR count). The van der Waals surface area contributed by atoms with Crippen LogP contribution in [-0.4, -0.2) is 25.3 Å². The van der Waals surface area contributed by atoms with Gasteiger partial charge in [-0.1, -0.05) is 0 Å². The van der Waals surface area contributed by atoms with Crippen molar-refractivity contribution in [3.8, 4) is 11.5 Å². The van der Waals surface area contributed by atoms with Crippen molar-refractivity contribution in [2.24, 2.45) is 5.92 Å². The van der Waals surface area contributed by atoms with Gasteiger partial charge < -0.3 is 15.2 Å². The molecular formula is C13H18BrNO2. The third-order valence-corrected chi connectivity index (χ3v) is 3.94. The first-order chi connectivity index (χ1) is 8.20. The Hall–Kier alpha value is -0.740. The lowest BCUT2D eigenvalue weighted by molar-refractivity contribution is 0.364. The maximum atomic E-state index is 9.94. The number of piperidine rings is 1. The Morgan fingerprint density at radius 3 is 2.76 bits per heavy atom. The molecule has 1 aliphatic heterocycles. The highest BCUT2D eigenvalue weighted by Crippen LogP contribution is 2.34. The van der Waals surface area contributed by atoms with Gasteiger partial charge in [-0.3, -0.25) is 0 Å². The molecule has 1 fully saturated rings. The first-order valence-electron chi connectivity index (χ1n) is 5.97. The van der Waals surface area contributed by atoms with Crippen molar-refractivity contribution in [3.63, 3.8) is 0 Å². The van der Waals surface area contributed by atoms with Crippen LogP contribution in [-0.2, 0) is 6.42 Å². The molecule has 1 aromatic rings. The summed E-state index contributed by atoms with van der Waals surface area (Å²) in [6.45, 7) is 2.16. The molecule has 0 aliphatic carbocycles. The third-order valence-electron chi connectivity index (χ3n) is 3.32. The molecule has 17 heavy (non-hydrogen) atoms. The van der Waals surface area contributed by atoms with Crippen LogP contribution in [0.3, 0.4) is 0 Å². The Morgan fingerprint density at radius 2 is 2.12 bits per heavy atom. The van der Waals surface area contributed by atoms with Gasteiger partial charge in [0.1, 0.15) is 11.5 Å². The van der Waals surface area contributed by atoms with Gasteiger partial charge in [0.2, 0.25) is 0 Å². The number of phenols is 1. The van der Waals surface area contributed by atoms with E-state index in [2.05, 4.69) is 21.2 Å². The second-order valence-corrected chi connectivity index (χ2v) is 5.37. The molecule has 0 spiro atoms. The average molecular weight is 300 g/mol. The normalized spacial score (nSPS) is 17.1. The van der Waals surface area contributed by atoms with E-state index < -0.39 is 0 Å². The van der Waals surface area contributed by atoms with E-state index in [9.17, 15) is 5.11 Å². The lowest BCUT2D eigenvalue weighted by Crippen LogP contribution is -2.28. The van der Waals surface area contributed by atoms with Crippen LogP contribution in [0.4, 0.5) is 0 Å². The zero-order chi connectivity index (χ0) is 12.3. The third kappa shape index (κ3) is 3.13. The summed E-state index contributed by atoms with van der Waals surface area (Å²) >= 11 is 3.37. The van der Waals surface area contributed by atoms with E-state index in [4.69, 9.17) is 4.74 Å². The minimum Gasteiger partial charge on any atom is -0.508 e. The molecule has 1 aliphatic rings. The quantitative estimate of drug-likeness (QED) is 0.902. The minimum absolute atomic E-state index is 0.358. The summed E-state index contributed by atoms with van der Waals surface area (Å²) in [4.78, 5) is 0. The zero-order valence-electron chi connectivity index (χ0n) is 10.0. The van der Waals surface area contributed by atoms with E-state index in [1.54, 1.807) is 13.2 Å². The Morgan fingerprint density at radius 1 is 1.41 bits per heavy atom. The summed E-state index contributed by atoms with van der Waals surface area (Å²) in [6, 6.07) is 3.65. The van der Waals surface area contributed by atoms with Gasteiger partial charge in [-0.25, -0.2) is 0 Å². The second-order valence-electron chi connectivity index (χ2n) is 4.51. The summed E-state index contributed by atoms with van der Waals surface area (Å²) < 4.78 is 6.06. The monoisotopic (exact) mass is 299 g/mol. The maximum Gasteiger partial charge on any atom is 0.133 e. The molecule has 0 bridgehead atoms. The van der Waals surface area contributed by atoms with Crippen molar-refractivity contribution in [1.29, 1.82) is 0 Å². The lowest BCUT2D eigenvalue weighted by Gasteiger charge is -2.23. The minimum atomic E-state index is 0.358. The predicted octanol–water partition coefficient (Wildman–Crippen LogP) is 2.71. The fourth-order valence-electron chi connectivity index (χ4n) is 2.30. The summed E-state index contributed by atoms with van der Waals surface area (Å²) in [5.41, 5.74) is 0.983. The maximum absolute atomic E-state index is 9.94. The standard InChI is InChI=1S/C13H18BrNO2/c1-17-13-7-10(12(16)8-11(13)14)6-9-2-4-15-5-3-9/h7-9,15-16H,2-6H2,1H3. The van der Waals surface area contributed by atoms with Crippen molar-refractivity contribution in [2.45, 2.75) is 19.3 Å². The van der Waals surface area contributed by atoms with Crippen LogP contribution in [0.5, 0.6) is 11.5 Å². The molecule has 1 aromatic carbocycles. The molecule has 0 atom stereocenters. The summed E-state index contributed by atoms with van der Waals surface area (Å²) in [5.74, 6) is 1.80. The smallest absolute Gasteiger partial charge is 0.133 e. The fourth-order valence-corrected chi connectivity index (χ4v) is 2.79. The molecule has 0 radical (unpaired) electrons. The zero-order valence-corrected chi connectivity index (χ0v) is 11.6. The summed E-state index contributed by atoms with van der Waals surface area (Å²) in [6.07, 6.45) is 3.28. The van der Waals surface area contributed by atoms with Gasteiger partial charge in [-0.2, -0.15) is 0 Å². The molecule has 2 N–H and O–H groups in total. The molecular weight excluding hydrogens is 282 g/mol. The van der Waals surface area contributed by atoms with E-state index >= 15 is 0 Å². The highest BCUT2D eigenvalue weighted by atomic mass is 79.9. The Labute approximate surface area is 110 Å². The van der Waals surface area contributed by atoms with Gasteiger partial charge in [-0.15, -0.1) is 0 Å². The van der Waals surface area contributed by atoms with E-state index in [0.29, 0.717) is 11.7 Å². The van der Waals surface area contributed by atoms with Crippen molar-refractivity contribution in [3.05, 3.63) is 22.2 Å². The number of ether oxygens (including phenoxy) is 1. The first kappa shape index (κ1) is 12.7. The number of aromatic hydroxyl groups is 1. The fraction of sp³-hybridized carbons (Fsp3) is 0.538. The number of phenolic OH excluding ortho intramolecular Hbond substituents is 1. The largest absolute Gasteiger partial charge is 0.508 e. The van der Waals surface area contributed by atoms with Gasteiger partial charge in [-0.05, 0) is 71.9 Å². The molecule has 1 heterocycles. The Kier molecular flexibility index (Phi) is 4.29. The molecule has 0 amide bonds. The second kappa shape index (κ2) is 5.74. The number of nitrogens with one attached hydrogen (secondary N) is 1. The van der Waals surface area contributed by atoms with Crippen molar-refractivity contribution in [1.82, 2.24) is 5.32 Å². The van der Waals surface area contributed by atoms with Crippen LogP contribution in [0.25, 0.3) is 0 Å². The van der Waals surface area contributed by atoms with E-state index in [0.717, 1.165) is 35.3 Å². The SMILES string of the molecule is COc1cc(CC2CCNCC2)c(O)cc1Br. The van der Waals surface area contributed by atoms with Crippen molar-refractivity contribution in [2.75, 3.05) is 20.2 Å². The molecule has 0 unspecified atom stereocenters. The van der Waals surface area contributed by atoms with Crippen LogP contribution >= 0.6 is 15.9 Å². The molecule has 0 aromatic heterocycles. The number of benzene rings is 1. The van der Waals surface area contributed by atoms with Crippen LogP contribution in [0.2, 0.25) is 0 Å². The number of methoxy groups -OCH3 is 1. The Balaban J connectivity index is 2.13. The van der Waals surface area contributed by atoms with Crippen LogP contribution in [0.15, 0.2) is 16.6 Å². The van der Waals surface area contributed by atoms with E-state index in [1.165, 1.54) is 12.8 Å². The summed E-state index contributed by atoms with van der Waals surface area (Å²) in [7, 11) is 1.64. The summed E-state index contributed by atoms with van der Waals surface area (Å²) in [5, 5.41) is 13.3. The highest BCUT2D eigenvalue weighted by molar-refractivity contribution is 9.10. The topological polar surface area (TPSA) is 41.5 Å². The number of rotatable bonds is 3. The van der Waals surface area contributed by atoms with Crippen molar-refractivity contribution < 1.29 is 9.84 Å². The van der Waals surface area contributed by atoms with Gasteiger partial charge in [0.05, 0.1) is 11.6 Å². The van der Waals surface area contributed by atoms with Crippen molar-refractivity contribution >= 4 is 15.9 Å². The van der Waals surface area contributed by atoms with Crippen LogP contribution in [0.1, 0.15) is 18.4 Å².